The van der Waals surface area contributed by atoms with Crippen molar-refractivity contribution >= 4 is 58.9 Å². The zero-order valence-corrected chi connectivity index (χ0v) is 28.5. The van der Waals surface area contributed by atoms with E-state index in [9.17, 15) is 59.6 Å². The summed E-state index contributed by atoms with van der Waals surface area (Å²) in [6.07, 6.45) is 2.83. The Morgan fingerprint density at radius 3 is 1.18 bits per heavy atom. The van der Waals surface area contributed by atoms with E-state index in [4.69, 9.17) is 9.47 Å². The lowest BCUT2D eigenvalue weighted by molar-refractivity contribution is -0.394. The first-order valence-electron chi connectivity index (χ1n) is 15.9. The van der Waals surface area contributed by atoms with Gasteiger partial charge in [-0.05, 0) is 37.1 Å². The molecule has 0 aromatic heterocycles. The number of carbonyl (C=O) groups excluding carboxylic acids is 4. The molecule has 2 N–H and O–H groups in total. The second kappa shape index (κ2) is 19.0. The molecule has 4 rings (SSSR count). The van der Waals surface area contributed by atoms with Crippen LogP contribution in [0.25, 0.3) is 0 Å². The second-order valence-electron chi connectivity index (χ2n) is 11.2. The van der Waals surface area contributed by atoms with Gasteiger partial charge in [-0.25, -0.2) is 20.4 Å². The summed E-state index contributed by atoms with van der Waals surface area (Å²) < 4.78 is 10.6. The number of para-hydroxylation sites is 2. The fourth-order valence-electron chi connectivity index (χ4n) is 4.56. The average molecular weight is 771 g/mol. The first kappa shape index (κ1) is 40.5. The quantitative estimate of drug-likeness (QED) is 0.0360. The summed E-state index contributed by atoms with van der Waals surface area (Å²) in [6.45, 7) is 0. The zero-order chi connectivity index (χ0) is 40.8. The van der Waals surface area contributed by atoms with Crippen molar-refractivity contribution in [3.8, 4) is 11.5 Å². The van der Waals surface area contributed by atoms with Crippen LogP contribution in [0.3, 0.4) is 0 Å². The van der Waals surface area contributed by atoms with Crippen LogP contribution < -0.4 is 20.3 Å². The number of amides is 2. The molecular formula is C34H26N8O14. The van der Waals surface area contributed by atoms with Crippen LogP contribution in [0.4, 0.5) is 22.7 Å². The first-order valence-corrected chi connectivity index (χ1v) is 15.9. The number of hydrogen-bond donors (Lipinski definition) is 2. The summed E-state index contributed by atoms with van der Waals surface area (Å²) in [5, 5.41) is 52.3. The van der Waals surface area contributed by atoms with Crippen molar-refractivity contribution in [3.05, 3.63) is 148 Å². The van der Waals surface area contributed by atoms with Crippen LogP contribution in [0.5, 0.6) is 11.5 Å². The minimum atomic E-state index is -1.11. The van der Waals surface area contributed by atoms with Gasteiger partial charge in [0.05, 0.1) is 55.4 Å². The van der Waals surface area contributed by atoms with E-state index >= 15 is 0 Å². The lowest BCUT2D eigenvalue weighted by Crippen LogP contribution is -2.19. The van der Waals surface area contributed by atoms with Crippen molar-refractivity contribution in [1.29, 1.82) is 0 Å². The van der Waals surface area contributed by atoms with Crippen LogP contribution in [0.2, 0.25) is 0 Å². The van der Waals surface area contributed by atoms with Gasteiger partial charge in [0.2, 0.25) is 11.8 Å². The molecule has 56 heavy (non-hydrogen) atoms. The maximum atomic E-state index is 12.7. The van der Waals surface area contributed by atoms with Gasteiger partial charge < -0.3 is 9.47 Å². The Balaban J connectivity index is 1.23. The maximum absolute atomic E-state index is 12.7. The Kier molecular flexibility index (Phi) is 13.7. The van der Waals surface area contributed by atoms with Gasteiger partial charge >= 0.3 is 11.9 Å². The van der Waals surface area contributed by atoms with Crippen LogP contribution >= 0.6 is 0 Å². The van der Waals surface area contributed by atoms with E-state index in [-0.39, 0.29) is 48.3 Å². The van der Waals surface area contributed by atoms with Crippen LogP contribution in [-0.4, -0.2) is 55.9 Å². The van der Waals surface area contributed by atoms with Crippen LogP contribution in [0.1, 0.15) is 57.5 Å². The molecule has 286 valence electrons. The Morgan fingerprint density at radius 2 is 0.857 bits per heavy atom. The topological polar surface area (TPSA) is 308 Å². The standard InChI is InChI=1S/C34H26N8O14/c43-31(37-35-19-21-7-1-3-9-29(21)55-33(45)23-13-25(39(47)48)17-26(14-23)40(49)50)11-5-6-12-32(44)38-36-20-22-8-2-4-10-30(22)56-34(46)24-15-27(41(51)52)18-28(16-24)42(53)54/h1-4,7-10,13-20H,5-6,11-12H2,(H,37,43)(H,38,44)/b35-19-,36-20+. The molecule has 0 saturated carbocycles. The van der Waals surface area contributed by atoms with E-state index in [2.05, 4.69) is 21.1 Å². The highest BCUT2D eigenvalue weighted by atomic mass is 16.6. The number of unbranched alkanes of at least 4 members (excludes halogenated alkanes) is 1. The lowest BCUT2D eigenvalue weighted by atomic mass is 10.1. The molecule has 0 unspecified atom stereocenters. The molecule has 0 bridgehead atoms. The van der Waals surface area contributed by atoms with E-state index in [1.807, 2.05) is 0 Å². The van der Waals surface area contributed by atoms with Crippen molar-refractivity contribution in [1.82, 2.24) is 10.9 Å². The number of non-ortho nitro benzene ring substituents is 4. The summed E-state index contributed by atoms with van der Waals surface area (Å²) in [5.41, 5.74) is 1.42. The van der Waals surface area contributed by atoms with Gasteiger partial charge in [-0.3, -0.25) is 50.0 Å². The predicted molar refractivity (Wildman–Crippen MR) is 192 cm³/mol. The summed E-state index contributed by atoms with van der Waals surface area (Å²) in [7, 11) is 0. The van der Waals surface area contributed by atoms with Crippen molar-refractivity contribution in [2.24, 2.45) is 10.2 Å². The van der Waals surface area contributed by atoms with E-state index in [0.717, 1.165) is 24.3 Å². The highest BCUT2D eigenvalue weighted by molar-refractivity contribution is 5.95. The molecule has 0 aliphatic rings. The van der Waals surface area contributed by atoms with Gasteiger partial charge in [0.15, 0.2) is 0 Å². The number of nitrogens with one attached hydrogen (secondary N) is 2. The second-order valence-corrected chi connectivity index (χ2v) is 11.2. The zero-order valence-electron chi connectivity index (χ0n) is 28.5. The van der Waals surface area contributed by atoms with Gasteiger partial charge in [-0.15, -0.1) is 0 Å². The minimum Gasteiger partial charge on any atom is -0.422 e. The fourth-order valence-corrected chi connectivity index (χ4v) is 4.56. The molecule has 0 fully saturated rings. The Labute approximate surface area is 313 Å². The van der Waals surface area contributed by atoms with Crippen molar-refractivity contribution in [2.45, 2.75) is 25.7 Å². The van der Waals surface area contributed by atoms with Gasteiger partial charge in [-0.1, -0.05) is 24.3 Å². The highest BCUT2D eigenvalue weighted by Crippen LogP contribution is 2.26. The number of nitrogens with zero attached hydrogens (tertiary/aromatic N) is 6. The first-order chi connectivity index (χ1) is 26.7. The van der Waals surface area contributed by atoms with Gasteiger partial charge in [-0.2, -0.15) is 10.2 Å². The summed E-state index contributed by atoms with van der Waals surface area (Å²) in [5.74, 6) is -3.36. The van der Waals surface area contributed by atoms with Gasteiger partial charge in [0.1, 0.15) is 11.5 Å². The molecule has 22 heteroatoms. The maximum Gasteiger partial charge on any atom is 0.344 e. The van der Waals surface area contributed by atoms with E-state index in [0.29, 0.717) is 12.1 Å². The summed E-state index contributed by atoms with van der Waals surface area (Å²) in [4.78, 5) is 91.0. The molecular weight excluding hydrogens is 744 g/mol. The average Bonchev–Trinajstić information content (AvgIpc) is 3.17. The molecule has 0 aliphatic heterocycles. The third-order valence-corrected chi connectivity index (χ3v) is 7.21. The van der Waals surface area contributed by atoms with E-state index in [1.54, 1.807) is 12.1 Å². The number of nitro benzene ring substituents is 4. The van der Waals surface area contributed by atoms with Gasteiger partial charge in [0.25, 0.3) is 22.7 Å². The molecule has 4 aromatic carbocycles. The van der Waals surface area contributed by atoms with E-state index in [1.165, 1.54) is 48.8 Å². The summed E-state index contributed by atoms with van der Waals surface area (Å²) in [6, 6.07) is 16.6. The number of benzene rings is 4. The normalized spacial score (nSPS) is 10.8. The summed E-state index contributed by atoms with van der Waals surface area (Å²) >= 11 is 0. The Morgan fingerprint density at radius 1 is 0.536 bits per heavy atom. The highest BCUT2D eigenvalue weighted by Gasteiger charge is 2.23. The number of ether oxygens (including phenoxy) is 2. The number of hydrogen-bond acceptors (Lipinski definition) is 16. The third kappa shape index (κ3) is 11.6. The number of rotatable bonds is 17. The number of esters is 2. The van der Waals surface area contributed by atoms with Gasteiger partial charge in [0, 0.05) is 48.2 Å². The molecule has 0 saturated heterocycles. The minimum absolute atomic E-state index is 0.0252. The molecule has 0 aliphatic carbocycles. The molecule has 0 spiro atoms. The molecule has 22 nitrogen and oxygen atoms in total. The number of hydrazone groups is 2. The molecule has 4 aromatic rings. The number of carbonyl (C=O) groups is 4. The van der Waals surface area contributed by atoms with Crippen molar-refractivity contribution < 1.29 is 48.3 Å². The molecule has 0 radical (unpaired) electrons. The number of nitro groups is 4. The third-order valence-electron chi connectivity index (χ3n) is 7.21. The SMILES string of the molecule is O=C(CCCCC(=O)N/N=C/c1ccccc1OC(=O)c1cc([N+](=O)[O-])cc([N+](=O)[O-])c1)N/N=C\c1ccccc1OC(=O)c1cc([N+](=O)[O-])cc([N+](=O)[O-])c1. The Hall–Kier alpha value is -8.30. The monoisotopic (exact) mass is 770 g/mol. The van der Waals surface area contributed by atoms with Crippen LogP contribution in [-0.2, 0) is 9.59 Å². The lowest BCUT2D eigenvalue weighted by Gasteiger charge is -2.07. The Bertz CT molecular complexity index is 2070. The van der Waals surface area contributed by atoms with Crippen molar-refractivity contribution in [3.63, 3.8) is 0 Å². The molecule has 2 amide bonds. The largest absolute Gasteiger partial charge is 0.422 e. The molecule has 0 heterocycles. The molecule has 0 atom stereocenters. The fraction of sp³-hybridized carbons (Fsp3) is 0.118. The van der Waals surface area contributed by atoms with E-state index < -0.39 is 77.3 Å². The van der Waals surface area contributed by atoms with Crippen molar-refractivity contribution in [2.75, 3.05) is 0 Å². The smallest absolute Gasteiger partial charge is 0.344 e. The van der Waals surface area contributed by atoms with Crippen LogP contribution in [0.15, 0.2) is 95.1 Å². The van der Waals surface area contributed by atoms with Crippen LogP contribution in [0, 0.1) is 40.5 Å². The predicted octanol–water partition coefficient (Wildman–Crippen LogP) is 4.92.